The highest BCUT2D eigenvalue weighted by Gasteiger charge is 2.22. The van der Waals surface area contributed by atoms with Crippen molar-refractivity contribution in [3.8, 4) is 0 Å². The van der Waals surface area contributed by atoms with E-state index < -0.39 is 0 Å². The SMILES string of the molecule is C1C[N]C(N2CCCN2)CNC1. The zero-order valence-electron chi connectivity index (χ0n) is 7.42. The number of hydrogen-bond donors (Lipinski definition) is 2. The molecular weight excluding hydrogens is 152 g/mol. The zero-order chi connectivity index (χ0) is 8.23. The van der Waals surface area contributed by atoms with Crippen LogP contribution in [-0.4, -0.2) is 43.9 Å². The highest BCUT2D eigenvalue weighted by atomic mass is 15.6. The van der Waals surface area contributed by atoms with Crippen LogP contribution in [0.2, 0.25) is 0 Å². The fourth-order valence-corrected chi connectivity index (χ4v) is 1.75. The Labute approximate surface area is 73.7 Å². The summed E-state index contributed by atoms with van der Waals surface area (Å²) >= 11 is 0. The van der Waals surface area contributed by atoms with Crippen LogP contribution in [0, 0.1) is 0 Å². The Morgan fingerprint density at radius 3 is 3.08 bits per heavy atom. The maximum Gasteiger partial charge on any atom is 0.101 e. The van der Waals surface area contributed by atoms with Crippen molar-refractivity contribution in [2.75, 3.05) is 32.7 Å². The Kier molecular flexibility index (Phi) is 2.94. The van der Waals surface area contributed by atoms with E-state index in [1.54, 1.807) is 0 Å². The zero-order valence-corrected chi connectivity index (χ0v) is 7.42. The highest BCUT2D eigenvalue weighted by Crippen LogP contribution is 2.02. The Morgan fingerprint density at radius 2 is 2.25 bits per heavy atom. The Bertz CT molecular complexity index is 125. The first-order valence-electron chi connectivity index (χ1n) is 4.84. The summed E-state index contributed by atoms with van der Waals surface area (Å²) in [5.41, 5.74) is 3.35. The third-order valence-corrected chi connectivity index (χ3v) is 2.43. The number of hydrogen-bond acceptors (Lipinski definition) is 3. The summed E-state index contributed by atoms with van der Waals surface area (Å²) in [4.78, 5) is 0. The summed E-state index contributed by atoms with van der Waals surface area (Å²) in [6.45, 7) is 5.40. The lowest BCUT2D eigenvalue weighted by Gasteiger charge is -2.25. The van der Waals surface area contributed by atoms with E-state index >= 15 is 0 Å². The summed E-state index contributed by atoms with van der Waals surface area (Å²) in [6.07, 6.45) is 2.81. The van der Waals surface area contributed by atoms with Crippen molar-refractivity contribution in [2.24, 2.45) is 0 Å². The van der Waals surface area contributed by atoms with Gasteiger partial charge in [0.15, 0.2) is 0 Å². The first-order chi connectivity index (χ1) is 5.97. The van der Waals surface area contributed by atoms with E-state index in [9.17, 15) is 0 Å². The first-order valence-corrected chi connectivity index (χ1v) is 4.84. The Morgan fingerprint density at radius 1 is 1.25 bits per heavy atom. The van der Waals surface area contributed by atoms with Crippen LogP contribution in [0.5, 0.6) is 0 Å². The van der Waals surface area contributed by atoms with Gasteiger partial charge in [0.2, 0.25) is 0 Å². The van der Waals surface area contributed by atoms with Crippen molar-refractivity contribution in [2.45, 2.75) is 19.0 Å². The smallest absolute Gasteiger partial charge is 0.101 e. The number of nitrogens with one attached hydrogen (secondary N) is 2. The molecular formula is C8H17N4. The number of rotatable bonds is 1. The molecule has 1 atom stereocenters. The van der Waals surface area contributed by atoms with E-state index in [0.717, 1.165) is 32.7 Å². The summed E-state index contributed by atoms with van der Waals surface area (Å²) in [6, 6.07) is 0. The molecule has 2 heterocycles. The van der Waals surface area contributed by atoms with Crippen LogP contribution in [0.3, 0.4) is 0 Å². The van der Waals surface area contributed by atoms with E-state index in [-0.39, 0.29) is 0 Å². The second kappa shape index (κ2) is 4.18. The molecule has 2 aliphatic heterocycles. The molecule has 0 aliphatic carbocycles. The summed E-state index contributed by atoms with van der Waals surface area (Å²) < 4.78 is 0. The minimum absolute atomic E-state index is 0.370. The van der Waals surface area contributed by atoms with Gasteiger partial charge in [-0.15, -0.1) is 0 Å². The predicted octanol–water partition coefficient (Wildman–Crippen LogP) is -0.879. The van der Waals surface area contributed by atoms with E-state index in [0.29, 0.717) is 6.17 Å². The molecule has 69 valence electrons. The standard InChI is InChI=1S/C8H17N4/c1-3-9-7-8(10-4-1)12-6-2-5-11-12/h8-9,11H,1-7H2. The summed E-state index contributed by atoms with van der Waals surface area (Å²) in [5.74, 6) is 0. The molecule has 2 N–H and O–H groups in total. The quantitative estimate of drug-likeness (QED) is 0.535. The minimum Gasteiger partial charge on any atom is -0.314 e. The topological polar surface area (TPSA) is 41.4 Å². The molecule has 0 aromatic rings. The number of nitrogens with zero attached hydrogens (tertiary/aromatic N) is 2. The number of hydrazine groups is 1. The molecule has 0 spiro atoms. The van der Waals surface area contributed by atoms with Gasteiger partial charge in [-0.1, -0.05) is 0 Å². The molecule has 0 amide bonds. The fraction of sp³-hybridized carbons (Fsp3) is 1.00. The average Bonchev–Trinajstić information content (AvgIpc) is 2.48. The lowest BCUT2D eigenvalue weighted by atomic mass is 10.4. The first kappa shape index (κ1) is 8.44. The maximum atomic E-state index is 4.61. The molecule has 0 saturated carbocycles. The molecule has 4 nitrogen and oxygen atoms in total. The van der Waals surface area contributed by atoms with Gasteiger partial charge < -0.3 is 5.32 Å². The molecule has 0 bridgehead atoms. The monoisotopic (exact) mass is 169 g/mol. The molecule has 1 radical (unpaired) electrons. The lowest BCUT2D eigenvalue weighted by Crippen LogP contribution is -2.49. The second-order valence-electron chi connectivity index (χ2n) is 3.40. The Balaban J connectivity index is 1.83. The predicted molar refractivity (Wildman–Crippen MR) is 47.6 cm³/mol. The third-order valence-electron chi connectivity index (χ3n) is 2.43. The van der Waals surface area contributed by atoms with Crippen molar-refractivity contribution in [1.29, 1.82) is 0 Å². The molecule has 12 heavy (non-hydrogen) atoms. The van der Waals surface area contributed by atoms with Gasteiger partial charge >= 0.3 is 0 Å². The lowest BCUT2D eigenvalue weighted by molar-refractivity contribution is 0.146. The van der Waals surface area contributed by atoms with E-state index in [4.69, 9.17) is 0 Å². The summed E-state index contributed by atoms with van der Waals surface area (Å²) in [5, 5.41) is 10.3. The molecule has 4 heteroatoms. The van der Waals surface area contributed by atoms with Crippen molar-refractivity contribution >= 4 is 0 Å². The van der Waals surface area contributed by atoms with Gasteiger partial charge in [0.05, 0.1) is 0 Å². The van der Waals surface area contributed by atoms with Gasteiger partial charge in [0.1, 0.15) is 6.17 Å². The molecule has 2 saturated heterocycles. The minimum atomic E-state index is 0.370. The maximum absolute atomic E-state index is 4.61. The Hall–Kier alpha value is -0.160. The van der Waals surface area contributed by atoms with E-state index in [1.807, 2.05) is 0 Å². The molecule has 1 unspecified atom stereocenters. The normalized spacial score (nSPS) is 33.5. The van der Waals surface area contributed by atoms with Crippen LogP contribution in [0.4, 0.5) is 0 Å². The molecule has 2 rings (SSSR count). The van der Waals surface area contributed by atoms with E-state index in [1.165, 1.54) is 12.8 Å². The van der Waals surface area contributed by atoms with Gasteiger partial charge in [-0.3, -0.25) is 5.43 Å². The van der Waals surface area contributed by atoms with Crippen molar-refractivity contribution in [1.82, 2.24) is 21.1 Å². The fourth-order valence-electron chi connectivity index (χ4n) is 1.75. The van der Waals surface area contributed by atoms with Crippen LogP contribution in [0.15, 0.2) is 0 Å². The van der Waals surface area contributed by atoms with Crippen molar-refractivity contribution in [3.05, 3.63) is 0 Å². The summed E-state index contributed by atoms with van der Waals surface area (Å²) in [7, 11) is 0. The van der Waals surface area contributed by atoms with Gasteiger partial charge in [-0.05, 0) is 19.4 Å². The van der Waals surface area contributed by atoms with Crippen LogP contribution < -0.4 is 16.1 Å². The molecule has 0 aromatic heterocycles. The average molecular weight is 169 g/mol. The van der Waals surface area contributed by atoms with Crippen LogP contribution in [0.1, 0.15) is 12.8 Å². The van der Waals surface area contributed by atoms with Gasteiger partial charge in [0.25, 0.3) is 0 Å². The second-order valence-corrected chi connectivity index (χ2v) is 3.40. The van der Waals surface area contributed by atoms with Gasteiger partial charge in [-0.2, -0.15) is 0 Å². The highest BCUT2D eigenvalue weighted by molar-refractivity contribution is 4.75. The van der Waals surface area contributed by atoms with Gasteiger partial charge in [0, 0.05) is 26.2 Å². The van der Waals surface area contributed by atoms with Crippen LogP contribution in [-0.2, 0) is 0 Å². The van der Waals surface area contributed by atoms with Crippen LogP contribution in [0.25, 0.3) is 0 Å². The van der Waals surface area contributed by atoms with Gasteiger partial charge in [-0.25, -0.2) is 10.3 Å². The van der Waals surface area contributed by atoms with E-state index in [2.05, 4.69) is 21.1 Å². The third kappa shape index (κ3) is 1.95. The van der Waals surface area contributed by atoms with Crippen molar-refractivity contribution < 1.29 is 0 Å². The molecule has 2 fully saturated rings. The largest absolute Gasteiger partial charge is 0.314 e. The molecule has 2 aliphatic rings. The van der Waals surface area contributed by atoms with Crippen molar-refractivity contribution in [3.63, 3.8) is 0 Å². The molecule has 0 aromatic carbocycles. The van der Waals surface area contributed by atoms with Crippen LogP contribution >= 0.6 is 0 Å².